The number of aromatic nitrogens is 2. The van der Waals surface area contributed by atoms with Gasteiger partial charge in [0.25, 0.3) is 5.91 Å². The highest BCUT2D eigenvalue weighted by Gasteiger charge is 2.14. The van der Waals surface area contributed by atoms with Gasteiger partial charge < -0.3 is 9.67 Å². The second-order valence-electron chi connectivity index (χ2n) is 7.37. The van der Waals surface area contributed by atoms with E-state index < -0.39 is 0 Å². The molecule has 7 heteroatoms. The van der Waals surface area contributed by atoms with Crippen LogP contribution < -0.4 is 5.43 Å². The predicted molar refractivity (Wildman–Crippen MR) is 128 cm³/mol. The van der Waals surface area contributed by atoms with Gasteiger partial charge in [-0.05, 0) is 29.8 Å². The number of nitrogens with zero attached hydrogens (tertiary/aromatic N) is 3. The second-order valence-corrected chi connectivity index (χ2v) is 8.45. The maximum Gasteiger partial charge on any atom is 0.260 e. The number of amides is 1. The van der Waals surface area contributed by atoms with Gasteiger partial charge in [-0.25, -0.2) is 10.4 Å². The maximum absolute atomic E-state index is 12.7. The lowest BCUT2D eigenvalue weighted by Gasteiger charge is -2.08. The lowest BCUT2D eigenvalue weighted by atomic mass is 10.1. The Labute approximate surface area is 188 Å². The van der Waals surface area contributed by atoms with E-state index in [1.54, 1.807) is 0 Å². The van der Waals surface area contributed by atoms with Crippen molar-refractivity contribution in [2.24, 2.45) is 5.10 Å². The van der Waals surface area contributed by atoms with E-state index in [0.29, 0.717) is 11.3 Å². The zero-order valence-electron chi connectivity index (χ0n) is 17.1. The van der Waals surface area contributed by atoms with Crippen LogP contribution in [0.4, 0.5) is 0 Å². The van der Waals surface area contributed by atoms with Gasteiger partial charge in [-0.2, -0.15) is 5.10 Å². The standard InChI is InChI=1S/C25H20N4O2S/c30-24(28-26-15-22-25(31)18-10-4-7-13-21(18)32-22)16-29-20-12-6-5-11-19(20)27-23(29)14-17-8-2-1-3-9-17/h1-13,15,31H,14,16H2,(H,28,30). The average molecular weight is 441 g/mol. The van der Waals surface area contributed by atoms with Crippen LogP contribution in [0, 0.1) is 0 Å². The minimum absolute atomic E-state index is 0.0957. The Bertz CT molecular complexity index is 1440. The van der Waals surface area contributed by atoms with E-state index in [9.17, 15) is 9.90 Å². The zero-order chi connectivity index (χ0) is 21.9. The Balaban J connectivity index is 1.35. The summed E-state index contributed by atoms with van der Waals surface area (Å²) < 4.78 is 2.89. The quantitative estimate of drug-likeness (QED) is 0.297. The number of imidazole rings is 1. The molecule has 2 aromatic heterocycles. The predicted octanol–water partition coefficient (Wildman–Crippen LogP) is 4.70. The molecule has 0 fully saturated rings. The van der Waals surface area contributed by atoms with E-state index in [4.69, 9.17) is 4.98 Å². The van der Waals surface area contributed by atoms with E-state index in [1.807, 2.05) is 83.4 Å². The van der Waals surface area contributed by atoms with Crippen molar-refractivity contribution in [3.05, 3.63) is 95.1 Å². The van der Waals surface area contributed by atoms with Gasteiger partial charge in [-0.15, -0.1) is 11.3 Å². The third-order valence-corrected chi connectivity index (χ3v) is 6.30. The minimum atomic E-state index is -0.265. The molecular formula is C25H20N4O2S. The number of thiophene rings is 1. The molecule has 0 saturated carbocycles. The van der Waals surface area contributed by atoms with E-state index in [2.05, 4.69) is 10.5 Å². The van der Waals surface area contributed by atoms with Crippen LogP contribution in [-0.4, -0.2) is 26.8 Å². The van der Waals surface area contributed by atoms with Gasteiger partial charge in [0.2, 0.25) is 0 Å². The molecule has 158 valence electrons. The van der Waals surface area contributed by atoms with Gasteiger partial charge in [0.15, 0.2) is 0 Å². The number of carbonyl (C=O) groups is 1. The molecule has 0 saturated heterocycles. The lowest BCUT2D eigenvalue weighted by molar-refractivity contribution is -0.121. The topological polar surface area (TPSA) is 79.5 Å². The van der Waals surface area contributed by atoms with Crippen molar-refractivity contribution in [3.63, 3.8) is 0 Å². The van der Waals surface area contributed by atoms with Gasteiger partial charge in [0.05, 0.1) is 22.1 Å². The third-order valence-electron chi connectivity index (χ3n) is 5.21. The first-order valence-corrected chi connectivity index (χ1v) is 11.0. The van der Waals surface area contributed by atoms with E-state index in [1.165, 1.54) is 17.6 Å². The third kappa shape index (κ3) is 3.98. The number of nitrogens with one attached hydrogen (secondary N) is 1. The first kappa shape index (κ1) is 20.0. The van der Waals surface area contributed by atoms with Crippen LogP contribution in [-0.2, 0) is 17.8 Å². The van der Waals surface area contributed by atoms with Crippen molar-refractivity contribution >= 4 is 44.6 Å². The highest BCUT2D eigenvalue weighted by molar-refractivity contribution is 7.21. The Hall–Kier alpha value is -3.97. The van der Waals surface area contributed by atoms with E-state index in [0.717, 1.165) is 32.5 Å². The molecule has 5 aromatic rings. The maximum atomic E-state index is 12.7. The van der Waals surface area contributed by atoms with Crippen molar-refractivity contribution in [1.82, 2.24) is 15.0 Å². The normalized spacial score (nSPS) is 11.5. The van der Waals surface area contributed by atoms with Crippen LogP contribution in [0.1, 0.15) is 16.3 Å². The Morgan fingerprint density at radius 1 is 1.03 bits per heavy atom. The molecule has 0 unspecified atom stereocenters. The van der Waals surface area contributed by atoms with Crippen LogP contribution >= 0.6 is 11.3 Å². The highest BCUT2D eigenvalue weighted by Crippen LogP contribution is 2.35. The summed E-state index contributed by atoms with van der Waals surface area (Å²) >= 11 is 1.42. The first-order chi connectivity index (χ1) is 15.7. The van der Waals surface area contributed by atoms with Crippen molar-refractivity contribution in [2.75, 3.05) is 0 Å². The van der Waals surface area contributed by atoms with Crippen LogP contribution in [0.3, 0.4) is 0 Å². The van der Waals surface area contributed by atoms with Crippen molar-refractivity contribution in [1.29, 1.82) is 0 Å². The van der Waals surface area contributed by atoms with Gasteiger partial charge in [0.1, 0.15) is 18.1 Å². The summed E-state index contributed by atoms with van der Waals surface area (Å²) in [6, 6.07) is 25.4. The number of hydrogen-bond acceptors (Lipinski definition) is 5. The summed E-state index contributed by atoms with van der Waals surface area (Å²) in [5.74, 6) is 0.729. The molecule has 5 rings (SSSR count). The summed E-state index contributed by atoms with van der Waals surface area (Å²) in [5, 5.41) is 15.2. The summed E-state index contributed by atoms with van der Waals surface area (Å²) in [6.45, 7) is 0.0957. The number of benzene rings is 3. The minimum Gasteiger partial charge on any atom is -0.506 e. The summed E-state index contributed by atoms with van der Waals surface area (Å²) in [7, 11) is 0. The Kier molecular flexibility index (Phi) is 5.39. The molecular weight excluding hydrogens is 420 g/mol. The Morgan fingerprint density at radius 3 is 2.62 bits per heavy atom. The average Bonchev–Trinajstić information content (AvgIpc) is 3.32. The zero-order valence-corrected chi connectivity index (χ0v) is 17.9. The fourth-order valence-electron chi connectivity index (χ4n) is 3.70. The fraction of sp³-hybridized carbons (Fsp3) is 0.0800. The van der Waals surface area contributed by atoms with Crippen molar-refractivity contribution < 1.29 is 9.90 Å². The molecule has 0 radical (unpaired) electrons. The molecule has 0 aliphatic rings. The smallest absolute Gasteiger partial charge is 0.260 e. The van der Waals surface area contributed by atoms with Crippen LogP contribution in [0.15, 0.2) is 84.0 Å². The fourth-order valence-corrected chi connectivity index (χ4v) is 4.67. The van der Waals surface area contributed by atoms with Crippen LogP contribution in [0.25, 0.3) is 21.1 Å². The molecule has 0 atom stereocenters. The molecule has 2 N–H and O–H groups in total. The second kappa shape index (κ2) is 8.64. The van der Waals surface area contributed by atoms with Gasteiger partial charge in [0, 0.05) is 16.5 Å². The molecule has 3 aromatic carbocycles. The highest BCUT2D eigenvalue weighted by atomic mass is 32.1. The van der Waals surface area contributed by atoms with Crippen molar-refractivity contribution in [3.8, 4) is 5.75 Å². The van der Waals surface area contributed by atoms with Gasteiger partial charge in [-0.3, -0.25) is 4.79 Å². The lowest BCUT2D eigenvalue weighted by Crippen LogP contribution is -2.24. The van der Waals surface area contributed by atoms with E-state index in [-0.39, 0.29) is 18.2 Å². The molecule has 0 aliphatic carbocycles. The number of fused-ring (bicyclic) bond motifs is 2. The molecule has 32 heavy (non-hydrogen) atoms. The summed E-state index contributed by atoms with van der Waals surface area (Å²) in [4.78, 5) is 18.0. The number of para-hydroxylation sites is 2. The SMILES string of the molecule is O=C(Cn1c(Cc2ccccc2)nc2ccccc21)NN=Cc1sc2ccccc2c1O. The molecule has 6 nitrogen and oxygen atoms in total. The van der Waals surface area contributed by atoms with Crippen molar-refractivity contribution in [2.45, 2.75) is 13.0 Å². The molecule has 1 amide bonds. The summed E-state index contributed by atoms with van der Waals surface area (Å²) in [5.41, 5.74) is 5.46. The monoisotopic (exact) mass is 440 g/mol. The number of hydrogen-bond donors (Lipinski definition) is 2. The number of rotatable bonds is 6. The van der Waals surface area contributed by atoms with Gasteiger partial charge in [-0.1, -0.05) is 54.6 Å². The van der Waals surface area contributed by atoms with Crippen LogP contribution in [0.2, 0.25) is 0 Å². The Morgan fingerprint density at radius 2 is 1.78 bits per heavy atom. The summed E-state index contributed by atoms with van der Waals surface area (Å²) in [6.07, 6.45) is 2.11. The molecule has 0 bridgehead atoms. The molecule has 2 heterocycles. The number of hydrazone groups is 1. The molecule has 0 spiro atoms. The largest absolute Gasteiger partial charge is 0.506 e. The molecule has 0 aliphatic heterocycles. The first-order valence-electron chi connectivity index (χ1n) is 10.2. The van der Waals surface area contributed by atoms with Gasteiger partial charge >= 0.3 is 0 Å². The number of aromatic hydroxyl groups is 1. The van der Waals surface area contributed by atoms with Crippen LogP contribution in [0.5, 0.6) is 5.75 Å². The van der Waals surface area contributed by atoms with E-state index >= 15 is 0 Å². The number of carbonyl (C=O) groups excluding carboxylic acids is 1.